The first-order valence-corrected chi connectivity index (χ1v) is 8.41. The van der Waals surface area contributed by atoms with Crippen molar-refractivity contribution in [2.75, 3.05) is 20.2 Å². The first-order valence-electron chi connectivity index (χ1n) is 8.41. The molecule has 0 unspecified atom stereocenters. The molecule has 1 aliphatic heterocycles. The standard InChI is InChI=1S/C13H19NO.C7H9N/c1-15-13-7-5-6-12(10-13)11-14-8-3-2-4-9-14;8-6-7-4-2-1-3-5-7/h5-7,10H,2-4,8-9,11H2,1H3;1-5H,6,8H2. The van der Waals surface area contributed by atoms with Crippen molar-refractivity contribution in [2.45, 2.75) is 32.4 Å². The third kappa shape index (κ3) is 6.43. The molecule has 0 atom stereocenters. The Hall–Kier alpha value is -1.84. The number of methoxy groups -OCH3 is 1. The third-order valence-corrected chi connectivity index (χ3v) is 4.07. The molecule has 0 amide bonds. The van der Waals surface area contributed by atoms with E-state index in [1.54, 1.807) is 7.11 Å². The minimum atomic E-state index is 0.640. The number of hydrogen-bond acceptors (Lipinski definition) is 3. The summed E-state index contributed by atoms with van der Waals surface area (Å²) in [4.78, 5) is 2.53. The molecule has 3 heteroatoms. The monoisotopic (exact) mass is 312 g/mol. The lowest BCUT2D eigenvalue weighted by Crippen LogP contribution is -2.29. The molecule has 2 N–H and O–H groups in total. The van der Waals surface area contributed by atoms with E-state index in [-0.39, 0.29) is 0 Å². The molecule has 0 spiro atoms. The molecule has 0 saturated carbocycles. The van der Waals surface area contributed by atoms with Gasteiger partial charge in [-0.25, -0.2) is 0 Å². The number of piperidine rings is 1. The van der Waals surface area contributed by atoms with Crippen LogP contribution in [0.15, 0.2) is 54.6 Å². The van der Waals surface area contributed by atoms with E-state index < -0.39 is 0 Å². The zero-order chi connectivity index (χ0) is 16.3. The van der Waals surface area contributed by atoms with Gasteiger partial charge in [0, 0.05) is 13.1 Å². The summed E-state index contributed by atoms with van der Waals surface area (Å²) in [5, 5.41) is 0. The molecular weight excluding hydrogens is 284 g/mol. The van der Waals surface area contributed by atoms with Gasteiger partial charge in [0.05, 0.1) is 7.11 Å². The average molecular weight is 312 g/mol. The van der Waals surface area contributed by atoms with E-state index in [9.17, 15) is 0 Å². The van der Waals surface area contributed by atoms with Gasteiger partial charge >= 0.3 is 0 Å². The van der Waals surface area contributed by atoms with Gasteiger partial charge in [0.25, 0.3) is 0 Å². The van der Waals surface area contributed by atoms with Gasteiger partial charge in [-0.1, -0.05) is 48.9 Å². The maximum Gasteiger partial charge on any atom is 0.119 e. The van der Waals surface area contributed by atoms with Crippen LogP contribution in [0.3, 0.4) is 0 Å². The molecule has 1 fully saturated rings. The summed E-state index contributed by atoms with van der Waals surface area (Å²) < 4.78 is 5.23. The Bertz CT molecular complexity index is 551. The lowest BCUT2D eigenvalue weighted by Gasteiger charge is -2.26. The highest BCUT2D eigenvalue weighted by Gasteiger charge is 2.10. The SMILES string of the molecule is COc1cccc(CN2CCCCC2)c1.NCc1ccccc1. The summed E-state index contributed by atoms with van der Waals surface area (Å²) in [6, 6.07) is 18.4. The summed E-state index contributed by atoms with van der Waals surface area (Å²) in [7, 11) is 1.72. The van der Waals surface area contributed by atoms with Crippen LogP contribution < -0.4 is 10.5 Å². The van der Waals surface area contributed by atoms with E-state index in [1.165, 1.54) is 43.5 Å². The Morgan fingerprint density at radius 3 is 2.22 bits per heavy atom. The Balaban J connectivity index is 0.000000203. The van der Waals surface area contributed by atoms with Crippen molar-refractivity contribution in [2.24, 2.45) is 5.73 Å². The van der Waals surface area contributed by atoms with E-state index in [0.717, 1.165) is 12.3 Å². The average Bonchev–Trinajstić information content (AvgIpc) is 2.64. The molecule has 0 aliphatic carbocycles. The van der Waals surface area contributed by atoms with Gasteiger partial charge in [0.15, 0.2) is 0 Å². The molecule has 3 rings (SSSR count). The lowest BCUT2D eigenvalue weighted by atomic mass is 10.1. The highest BCUT2D eigenvalue weighted by Crippen LogP contribution is 2.16. The van der Waals surface area contributed by atoms with Crippen molar-refractivity contribution in [3.05, 3.63) is 65.7 Å². The van der Waals surface area contributed by atoms with Crippen LogP contribution in [-0.2, 0) is 13.1 Å². The number of ether oxygens (including phenoxy) is 1. The van der Waals surface area contributed by atoms with Crippen molar-refractivity contribution in [3.8, 4) is 5.75 Å². The van der Waals surface area contributed by atoms with Crippen LogP contribution >= 0.6 is 0 Å². The van der Waals surface area contributed by atoms with E-state index in [1.807, 2.05) is 36.4 Å². The number of hydrogen-bond donors (Lipinski definition) is 1. The van der Waals surface area contributed by atoms with Gasteiger partial charge < -0.3 is 10.5 Å². The van der Waals surface area contributed by atoms with Crippen molar-refractivity contribution < 1.29 is 4.74 Å². The number of likely N-dealkylation sites (tertiary alicyclic amines) is 1. The van der Waals surface area contributed by atoms with Gasteiger partial charge in [0.2, 0.25) is 0 Å². The molecule has 23 heavy (non-hydrogen) atoms. The Labute approximate surface area is 140 Å². The topological polar surface area (TPSA) is 38.5 Å². The maximum absolute atomic E-state index is 5.35. The van der Waals surface area contributed by atoms with E-state index >= 15 is 0 Å². The number of rotatable bonds is 4. The Kier molecular flexibility index (Phi) is 7.64. The zero-order valence-electron chi connectivity index (χ0n) is 14.1. The molecule has 0 bridgehead atoms. The molecule has 1 saturated heterocycles. The van der Waals surface area contributed by atoms with Crippen LogP contribution in [0.2, 0.25) is 0 Å². The highest BCUT2D eigenvalue weighted by molar-refractivity contribution is 5.28. The summed E-state index contributed by atoms with van der Waals surface area (Å²) in [5.41, 5.74) is 7.89. The zero-order valence-corrected chi connectivity index (χ0v) is 14.1. The normalized spacial score (nSPS) is 14.7. The van der Waals surface area contributed by atoms with Crippen LogP contribution in [-0.4, -0.2) is 25.1 Å². The molecule has 2 aromatic rings. The fraction of sp³-hybridized carbons (Fsp3) is 0.400. The summed E-state index contributed by atoms with van der Waals surface area (Å²) in [6.07, 6.45) is 4.10. The molecule has 124 valence electrons. The number of benzene rings is 2. The second kappa shape index (κ2) is 10.0. The van der Waals surface area contributed by atoms with Crippen molar-refractivity contribution in [1.29, 1.82) is 0 Å². The fourth-order valence-electron chi connectivity index (χ4n) is 2.76. The predicted octanol–water partition coefficient (Wildman–Crippen LogP) is 3.83. The molecule has 1 heterocycles. The van der Waals surface area contributed by atoms with Crippen molar-refractivity contribution >= 4 is 0 Å². The minimum Gasteiger partial charge on any atom is -0.497 e. The Morgan fingerprint density at radius 1 is 0.913 bits per heavy atom. The van der Waals surface area contributed by atoms with E-state index in [2.05, 4.69) is 23.1 Å². The first kappa shape index (κ1) is 17.5. The number of nitrogens with two attached hydrogens (primary N) is 1. The molecule has 3 nitrogen and oxygen atoms in total. The van der Waals surface area contributed by atoms with Crippen LogP contribution in [0.1, 0.15) is 30.4 Å². The lowest BCUT2D eigenvalue weighted by molar-refractivity contribution is 0.220. The highest BCUT2D eigenvalue weighted by atomic mass is 16.5. The van der Waals surface area contributed by atoms with Crippen LogP contribution in [0.5, 0.6) is 5.75 Å². The summed E-state index contributed by atoms with van der Waals surface area (Å²) in [6.45, 7) is 4.20. The van der Waals surface area contributed by atoms with Gasteiger partial charge in [-0.3, -0.25) is 4.90 Å². The van der Waals surface area contributed by atoms with Crippen LogP contribution in [0.4, 0.5) is 0 Å². The summed E-state index contributed by atoms with van der Waals surface area (Å²) >= 11 is 0. The van der Waals surface area contributed by atoms with Gasteiger partial charge in [-0.15, -0.1) is 0 Å². The largest absolute Gasteiger partial charge is 0.497 e. The Morgan fingerprint density at radius 2 is 1.61 bits per heavy atom. The molecule has 2 aromatic carbocycles. The van der Waals surface area contributed by atoms with Crippen LogP contribution in [0, 0.1) is 0 Å². The number of nitrogens with zero attached hydrogens (tertiary/aromatic N) is 1. The first-order chi connectivity index (χ1) is 11.3. The second-order valence-electron chi connectivity index (χ2n) is 5.88. The van der Waals surface area contributed by atoms with Crippen LogP contribution in [0.25, 0.3) is 0 Å². The third-order valence-electron chi connectivity index (χ3n) is 4.07. The quantitative estimate of drug-likeness (QED) is 0.932. The van der Waals surface area contributed by atoms with Crippen molar-refractivity contribution in [3.63, 3.8) is 0 Å². The predicted molar refractivity (Wildman–Crippen MR) is 96.5 cm³/mol. The fourth-order valence-corrected chi connectivity index (χ4v) is 2.76. The van der Waals surface area contributed by atoms with Crippen molar-refractivity contribution in [1.82, 2.24) is 4.90 Å². The maximum atomic E-state index is 5.35. The molecular formula is C20H28N2O. The minimum absolute atomic E-state index is 0.640. The summed E-state index contributed by atoms with van der Waals surface area (Å²) in [5.74, 6) is 0.963. The van der Waals surface area contributed by atoms with Gasteiger partial charge in [-0.2, -0.15) is 0 Å². The van der Waals surface area contributed by atoms with Gasteiger partial charge in [0.1, 0.15) is 5.75 Å². The molecule has 1 aliphatic rings. The van der Waals surface area contributed by atoms with E-state index in [4.69, 9.17) is 10.5 Å². The smallest absolute Gasteiger partial charge is 0.119 e. The second-order valence-corrected chi connectivity index (χ2v) is 5.88. The van der Waals surface area contributed by atoms with E-state index in [0.29, 0.717) is 6.54 Å². The molecule has 0 radical (unpaired) electrons. The molecule has 0 aromatic heterocycles. The van der Waals surface area contributed by atoms with Gasteiger partial charge in [-0.05, 0) is 49.2 Å².